The van der Waals surface area contributed by atoms with Crippen LogP contribution in [0.25, 0.3) is 0 Å². The maximum atomic E-state index is 13.1. The fourth-order valence-corrected chi connectivity index (χ4v) is 3.12. The van der Waals surface area contributed by atoms with Crippen molar-refractivity contribution in [2.45, 2.75) is 51.0 Å². The van der Waals surface area contributed by atoms with Crippen molar-refractivity contribution in [2.24, 2.45) is 0 Å². The SMILES string of the molecule is CC(C)(C)OC(=O)Nc1ccc(C2(C(=O)Nc3ccc(F)cc3)CCC2)cn1. The third-order valence-corrected chi connectivity index (χ3v) is 4.69. The zero-order valence-electron chi connectivity index (χ0n) is 16.2. The zero-order valence-corrected chi connectivity index (χ0v) is 16.2. The van der Waals surface area contributed by atoms with E-state index in [0.29, 0.717) is 24.3 Å². The van der Waals surface area contributed by atoms with Gasteiger partial charge in [0, 0.05) is 11.9 Å². The summed E-state index contributed by atoms with van der Waals surface area (Å²) in [5, 5.41) is 5.44. The predicted octanol–water partition coefficient (Wildman–Crippen LogP) is 4.63. The number of hydrogen-bond donors (Lipinski definition) is 2. The molecule has 0 radical (unpaired) electrons. The molecule has 28 heavy (non-hydrogen) atoms. The van der Waals surface area contributed by atoms with Crippen LogP contribution in [0.3, 0.4) is 0 Å². The fourth-order valence-electron chi connectivity index (χ4n) is 3.12. The van der Waals surface area contributed by atoms with Crippen LogP contribution in [0.15, 0.2) is 42.6 Å². The monoisotopic (exact) mass is 385 g/mol. The molecule has 0 unspecified atom stereocenters. The minimum atomic E-state index is -0.661. The molecule has 148 valence electrons. The lowest BCUT2D eigenvalue weighted by atomic mass is 9.64. The van der Waals surface area contributed by atoms with Gasteiger partial charge in [-0.25, -0.2) is 14.2 Å². The number of carbonyl (C=O) groups is 2. The minimum Gasteiger partial charge on any atom is -0.444 e. The molecule has 0 saturated heterocycles. The van der Waals surface area contributed by atoms with E-state index < -0.39 is 17.1 Å². The van der Waals surface area contributed by atoms with Crippen LogP contribution < -0.4 is 10.6 Å². The van der Waals surface area contributed by atoms with Gasteiger partial charge in [0.1, 0.15) is 17.2 Å². The van der Waals surface area contributed by atoms with E-state index in [2.05, 4.69) is 15.6 Å². The van der Waals surface area contributed by atoms with E-state index in [0.717, 1.165) is 12.0 Å². The normalized spacial score (nSPS) is 15.3. The zero-order chi connectivity index (χ0) is 20.4. The standard InChI is InChI=1S/C21H24FN3O3/c1-20(2,3)28-19(27)25-17-10-5-14(13-23-17)21(11-4-12-21)18(26)24-16-8-6-15(22)7-9-16/h5-10,13H,4,11-12H2,1-3H3,(H,24,26)(H,23,25,27). The summed E-state index contributed by atoms with van der Waals surface area (Å²) in [6, 6.07) is 9.13. The molecule has 1 aliphatic carbocycles. The Kier molecular flexibility index (Phi) is 5.36. The number of anilines is 2. The predicted molar refractivity (Wildman–Crippen MR) is 105 cm³/mol. The van der Waals surface area contributed by atoms with Crippen molar-refractivity contribution in [1.82, 2.24) is 4.98 Å². The van der Waals surface area contributed by atoms with Gasteiger partial charge in [0.2, 0.25) is 5.91 Å². The van der Waals surface area contributed by atoms with Gasteiger partial charge in [-0.3, -0.25) is 10.1 Å². The number of nitrogens with one attached hydrogen (secondary N) is 2. The second-order valence-corrected chi connectivity index (χ2v) is 7.96. The van der Waals surface area contributed by atoms with Gasteiger partial charge >= 0.3 is 6.09 Å². The van der Waals surface area contributed by atoms with Crippen LogP contribution in [0.2, 0.25) is 0 Å². The van der Waals surface area contributed by atoms with Crippen molar-refractivity contribution in [1.29, 1.82) is 0 Å². The van der Waals surface area contributed by atoms with Crippen molar-refractivity contribution in [3.05, 3.63) is 54.0 Å². The van der Waals surface area contributed by atoms with Gasteiger partial charge in [0.15, 0.2) is 0 Å². The molecule has 0 spiro atoms. The van der Waals surface area contributed by atoms with Gasteiger partial charge < -0.3 is 10.1 Å². The van der Waals surface area contributed by atoms with Crippen molar-refractivity contribution in [3.8, 4) is 0 Å². The highest BCUT2D eigenvalue weighted by atomic mass is 19.1. The number of nitrogens with zero attached hydrogens (tertiary/aromatic N) is 1. The summed E-state index contributed by atoms with van der Waals surface area (Å²) in [5.41, 5.74) is 0.0755. The van der Waals surface area contributed by atoms with E-state index in [1.807, 2.05) is 0 Å². The largest absolute Gasteiger partial charge is 0.444 e. The fraction of sp³-hybridized carbons (Fsp3) is 0.381. The highest BCUT2D eigenvalue weighted by molar-refractivity contribution is 6.00. The minimum absolute atomic E-state index is 0.139. The second kappa shape index (κ2) is 7.58. The van der Waals surface area contributed by atoms with E-state index >= 15 is 0 Å². The van der Waals surface area contributed by atoms with Crippen LogP contribution in [0.4, 0.5) is 20.7 Å². The quantitative estimate of drug-likeness (QED) is 0.804. The second-order valence-electron chi connectivity index (χ2n) is 7.96. The Morgan fingerprint density at radius 3 is 2.25 bits per heavy atom. The number of ether oxygens (including phenoxy) is 1. The Balaban J connectivity index is 1.70. The summed E-state index contributed by atoms with van der Waals surface area (Å²) in [7, 11) is 0. The van der Waals surface area contributed by atoms with E-state index in [1.54, 1.807) is 39.1 Å². The lowest BCUT2D eigenvalue weighted by molar-refractivity contribution is -0.124. The van der Waals surface area contributed by atoms with Gasteiger partial charge in [-0.1, -0.05) is 12.5 Å². The third-order valence-electron chi connectivity index (χ3n) is 4.69. The Labute approximate surface area is 163 Å². The molecule has 6 nitrogen and oxygen atoms in total. The first kappa shape index (κ1) is 19.8. The number of amides is 2. The lowest BCUT2D eigenvalue weighted by Crippen LogP contribution is -2.46. The molecule has 1 aromatic heterocycles. The van der Waals surface area contributed by atoms with Gasteiger partial charge in [0.25, 0.3) is 0 Å². The van der Waals surface area contributed by atoms with Crippen molar-refractivity contribution >= 4 is 23.5 Å². The highest BCUT2D eigenvalue weighted by Crippen LogP contribution is 2.44. The average Bonchev–Trinajstić information content (AvgIpc) is 2.56. The smallest absolute Gasteiger partial charge is 0.413 e. The molecule has 3 rings (SSSR count). The number of benzene rings is 1. The van der Waals surface area contributed by atoms with Gasteiger partial charge in [-0.2, -0.15) is 0 Å². The van der Waals surface area contributed by atoms with Crippen LogP contribution in [0.5, 0.6) is 0 Å². The molecule has 1 heterocycles. The summed E-state index contributed by atoms with van der Waals surface area (Å²) >= 11 is 0. The molecule has 1 fully saturated rings. The highest BCUT2D eigenvalue weighted by Gasteiger charge is 2.45. The molecule has 0 atom stereocenters. The first-order chi connectivity index (χ1) is 13.2. The molecule has 7 heteroatoms. The number of aromatic nitrogens is 1. The van der Waals surface area contributed by atoms with Gasteiger partial charge in [-0.15, -0.1) is 0 Å². The maximum Gasteiger partial charge on any atom is 0.413 e. The Morgan fingerprint density at radius 2 is 1.75 bits per heavy atom. The van der Waals surface area contributed by atoms with E-state index in [1.165, 1.54) is 24.3 Å². The summed E-state index contributed by atoms with van der Waals surface area (Å²) in [5.74, 6) is -0.139. The summed E-state index contributed by atoms with van der Waals surface area (Å²) in [6.45, 7) is 5.34. The van der Waals surface area contributed by atoms with E-state index in [-0.39, 0.29) is 11.7 Å². The maximum absolute atomic E-state index is 13.1. The Bertz CT molecular complexity index is 854. The molecule has 1 saturated carbocycles. The van der Waals surface area contributed by atoms with Crippen LogP contribution >= 0.6 is 0 Å². The van der Waals surface area contributed by atoms with Crippen molar-refractivity contribution < 1.29 is 18.7 Å². The summed E-state index contributed by atoms with van der Waals surface area (Å²) < 4.78 is 18.3. The summed E-state index contributed by atoms with van der Waals surface area (Å²) in [6.07, 6.45) is 3.38. The molecular weight excluding hydrogens is 361 g/mol. The summed E-state index contributed by atoms with van der Waals surface area (Å²) in [4.78, 5) is 29.0. The van der Waals surface area contributed by atoms with Crippen LogP contribution in [0, 0.1) is 5.82 Å². The van der Waals surface area contributed by atoms with Crippen molar-refractivity contribution in [3.63, 3.8) is 0 Å². The molecule has 2 aromatic rings. The molecule has 2 N–H and O–H groups in total. The Morgan fingerprint density at radius 1 is 1.07 bits per heavy atom. The number of halogens is 1. The topological polar surface area (TPSA) is 80.3 Å². The van der Waals surface area contributed by atoms with E-state index in [9.17, 15) is 14.0 Å². The number of rotatable bonds is 4. The lowest BCUT2D eigenvalue weighted by Gasteiger charge is -2.40. The van der Waals surface area contributed by atoms with Crippen LogP contribution in [-0.4, -0.2) is 22.6 Å². The Hall–Kier alpha value is -2.96. The van der Waals surface area contributed by atoms with Crippen LogP contribution in [-0.2, 0) is 14.9 Å². The molecular formula is C21H24FN3O3. The molecule has 1 aromatic carbocycles. The van der Waals surface area contributed by atoms with Crippen molar-refractivity contribution in [2.75, 3.05) is 10.6 Å². The van der Waals surface area contributed by atoms with Crippen LogP contribution in [0.1, 0.15) is 45.6 Å². The van der Waals surface area contributed by atoms with Gasteiger partial charge in [-0.05, 0) is 69.5 Å². The molecule has 0 aliphatic heterocycles. The van der Waals surface area contributed by atoms with E-state index in [4.69, 9.17) is 4.74 Å². The number of carbonyl (C=O) groups excluding carboxylic acids is 2. The molecule has 2 amide bonds. The van der Waals surface area contributed by atoms with Gasteiger partial charge in [0.05, 0.1) is 5.41 Å². The molecule has 1 aliphatic rings. The molecule has 0 bridgehead atoms. The third kappa shape index (κ3) is 4.47. The average molecular weight is 385 g/mol. The number of hydrogen-bond acceptors (Lipinski definition) is 4. The number of pyridine rings is 1. The first-order valence-electron chi connectivity index (χ1n) is 9.22. The first-order valence-corrected chi connectivity index (χ1v) is 9.22.